The van der Waals surface area contributed by atoms with Crippen LogP contribution in [0.15, 0.2) is 42.7 Å². The van der Waals surface area contributed by atoms with E-state index in [9.17, 15) is 4.79 Å². The van der Waals surface area contributed by atoms with E-state index in [1.165, 1.54) is 0 Å². The molecule has 0 saturated carbocycles. The Bertz CT molecular complexity index is 733. The third kappa shape index (κ3) is 2.36. The van der Waals surface area contributed by atoms with Crippen LogP contribution >= 0.6 is 0 Å². The molecule has 1 amide bonds. The third-order valence-electron chi connectivity index (χ3n) is 5.05. The van der Waals surface area contributed by atoms with Crippen LogP contribution in [0.2, 0.25) is 0 Å². The van der Waals surface area contributed by atoms with E-state index in [1.807, 2.05) is 42.2 Å². The Morgan fingerprint density at radius 2 is 1.91 bits per heavy atom. The summed E-state index contributed by atoms with van der Waals surface area (Å²) in [5.41, 5.74) is 1.93. The molecule has 2 aliphatic rings. The maximum atomic E-state index is 12.7. The predicted octanol–water partition coefficient (Wildman–Crippen LogP) is 2.28. The van der Waals surface area contributed by atoms with Crippen LogP contribution in [0.3, 0.4) is 0 Å². The summed E-state index contributed by atoms with van der Waals surface area (Å²) in [5.74, 6) is 0.912. The highest BCUT2D eigenvalue weighted by atomic mass is 16.2. The van der Waals surface area contributed by atoms with Gasteiger partial charge < -0.3 is 9.80 Å². The molecule has 2 aromatic rings. The van der Waals surface area contributed by atoms with E-state index < -0.39 is 0 Å². The van der Waals surface area contributed by atoms with Crippen molar-refractivity contribution in [2.45, 2.75) is 25.3 Å². The first-order chi connectivity index (χ1) is 11.2. The minimum atomic E-state index is 0.0286. The molecule has 4 rings (SSSR count). The van der Waals surface area contributed by atoms with E-state index in [-0.39, 0.29) is 11.4 Å². The van der Waals surface area contributed by atoms with E-state index in [2.05, 4.69) is 14.9 Å². The number of likely N-dealkylation sites (tertiary alicyclic amines) is 1. The van der Waals surface area contributed by atoms with Crippen LogP contribution in [0.5, 0.6) is 0 Å². The highest BCUT2D eigenvalue weighted by Gasteiger charge is 2.51. The molecule has 1 unspecified atom stereocenters. The Morgan fingerprint density at radius 1 is 1.13 bits per heavy atom. The second-order valence-electron chi connectivity index (χ2n) is 6.52. The summed E-state index contributed by atoms with van der Waals surface area (Å²) in [6.07, 6.45) is 5.64. The summed E-state index contributed by atoms with van der Waals surface area (Å²) in [7, 11) is 0. The largest absolute Gasteiger partial charge is 0.336 e. The lowest BCUT2D eigenvalue weighted by Crippen LogP contribution is -2.62. The number of nitrogens with zero attached hydrogens (tertiary/aromatic N) is 4. The van der Waals surface area contributed by atoms with Gasteiger partial charge >= 0.3 is 0 Å². The van der Waals surface area contributed by atoms with Gasteiger partial charge in [0.05, 0.1) is 5.54 Å². The number of amides is 1. The van der Waals surface area contributed by atoms with Crippen molar-refractivity contribution in [1.29, 1.82) is 0 Å². The standard InChI is InChI=1S/C18H20N4O/c1-14-4-2-5-15(12-14)16(23)21-10-6-18(13-21)7-11-22(18)17-19-8-3-9-20-17/h2-5,8-9,12H,6-7,10-11,13H2,1H3. The van der Waals surface area contributed by atoms with E-state index >= 15 is 0 Å². The fraction of sp³-hybridized carbons (Fsp3) is 0.389. The maximum absolute atomic E-state index is 12.7. The number of aromatic nitrogens is 2. The normalized spacial score (nSPS) is 23.2. The van der Waals surface area contributed by atoms with Gasteiger partial charge in [-0.25, -0.2) is 9.97 Å². The van der Waals surface area contributed by atoms with Gasteiger partial charge in [0.25, 0.3) is 5.91 Å². The SMILES string of the molecule is Cc1cccc(C(=O)N2CCC3(CCN3c3ncccn3)C2)c1. The first-order valence-electron chi connectivity index (χ1n) is 8.09. The molecule has 2 saturated heterocycles. The maximum Gasteiger partial charge on any atom is 0.253 e. The number of carbonyl (C=O) groups is 1. The van der Waals surface area contributed by atoms with E-state index in [1.54, 1.807) is 12.4 Å². The van der Waals surface area contributed by atoms with Gasteiger partial charge in [-0.05, 0) is 38.0 Å². The molecule has 2 aliphatic heterocycles. The quantitative estimate of drug-likeness (QED) is 0.854. The van der Waals surface area contributed by atoms with Crippen molar-refractivity contribution in [1.82, 2.24) is 14.9 Å². The molecule has 0 aliphatic carbocycles. The van der Waals surface area contributed by atoms with Crippen molar-refractivity contribution < 1.29 is 4.79 Å². The first kappa shape index (κ1) is 14.2. The van der Waals surface area contributed by atoms with Gasteiger partial charge in [-0.15, -0.1) is 0 Å². The average Bonchev–Trinajstić information content (AvgIpc) is 3.02. The van der Waals surface area contributed by atoms with Crippen molar-refractivity contribution >= 4 is 11.9 Å². The zero-order valence-corrected chi connectivity index (χ0v) is 13.3. The van der Waals surface area contributed by atoms with Gasteiger partial charge in [-0.2, -0.15) is 0 Å². The summed E-state index contributed by atoms with van der Waals surface area (Å²) in [6.45, 7) is 4.55. The molecular weight excluding hydrogens is 288 g/mol. The van der Waals surface area contributed by atoms with E-state index in [0.29, 0.717) is 0 Å². The molecule has 0 N–H and O–H groups in total. The molecule has 1 spiro atoms. The highest BCUT2D eigenvalue weighted by molar-refractivity contribution is 5.94. The monoisotopic (exact) mass is 308 g/mol. The Balaban J connectivity index is 1.52. The number of rotatable bonds is 2. The average molecular weight is 308 g/mol. The zero-order chi connectivity index (χ0) is 15.9. The highest BCUT2D eigenvalue weighted by Crippen LogP contribution is 2.41. The third-order valence-corrected chi connectivity index (χ3v) is 5.05. The van der Waals surface area contributed by atoms with Crippen LogP contribution < -0.4 is 4.90 Å². The number of carbonyl (C=O) groups excluding carboxylic acids is 1. The summed E-state index contributed by atoms with van der Waals surface area (Å²) >= 11 is 0. The molecule has 3 heterocycles. The number of hydrogen-bond acceptors (Lipinski definition) is 4. The van der Waals surface area contributed by atoms with Gasteiger partial charge in [-0.3, -0.25) is 4.79 Å². The van der Waals surface area contributed by atoms with Crippen molar-refractivity contribution in [2.75, 3.05) is 24.5 Å². The van der Waals surface area contributed by atoms with Crippen LogP contribution in [-0.2, 0) is 0 Å². The molecule has 1 atom stereocenters. The fourth-order valence-corrected chi connectivity index (χ4v) is 3.70. The minimum absolute atomic E-state index is 0.0286. The van der Waals surface area contributed by atoms with E-state index in [4.69, 9.17) is 0 Å². The number of benzene rings is 1. The predicted molar refractivity (Wildman–Crippen MR) is 88.4 cm³/mol. The van der Waals surface area contributed by atoms with Gasteiger partial charge in [0.1, 0.15) is 0 Å². The first-order valence-corrected chi connectivity index (χ1v) is 8.09. The topological polar surface area (TPSA) is 49.3 Å². The van der Waals surface area contributed by atoms with Crippen molar-refractivity contribution in [3.8, 4) is 0 Å². The number of aryl methyl sites for hydroxylation is 1. The van der Waals surface area contributed by atoms with Crippen molar-refractivity contribution in [3.63, 3.8) is 0 Å². The van der Waals surface area contributed by atoms with E-state index in [0.717, 1.165) is 49.6 Å². The van der Waals surface area contributed by atoms with Crippen molar-refractivity contribution in [2.24, 2.45) is 0 Å². The van der Waals surface area contributed by atoms with Gasteiger partial charge in [0, 0.05) is 37.6 Å². The lowest BCUT2D eigenvalue weighted by Gasteiger charge is -2.50. The van der Waals surface area contributed by atoms with Gasteiger partial charge in [0.15, 0.2) is 0 Å². The van der Waals surface area contributed by atoms with Crippen LogP contribution in [-0.4, -0.2) is 45.9 Å². The van der Waals surface area contributed by atoms with Crippen LogP contribution in [0, 0.1) is 6.92 Å². The summed E-state index contributed by atoms with van der Waals surface area (Å²) in [4.78, 5) is 25.7. The van der Waals surface area contributed by atoms with Crippen LogP contribution in [0.1, 0.15) is 28.8 Å². The van der Waals surface area contributed by atoms with Crippen LogP contribution in [0.4, 0.5) is 5.95 Å². The van der Waals surface area contributed by atoms with Crippen LogP contribution in [0.25, 0.3) is 0 Å². The lowest BCUT2D eigenvalue weighted by atomic mass is 9.84. The molecule has 5 nitrogen and oxygen atoms in total. The van der Waals surface area contributed by atoms with Gasteiger partial charge in [0.2, 0.25) is 5.95 Å². The molecule has 2 fully saturated rings. The molecule has 118 valence electrons. The summed E-state index contributed by atoms with van der Waals surface area (Å²) in [6, 6.07) is 9.66. The Hall–Kier alpha value is -2.43. The Kier molecular flexibility index (Phi) is 3.29. The molecule has 1 aromatic carbocycles. The lowest BCUT2D eigenvalue weighted by molar-refractivity contribution is 0.0775. The molecule has 5 heteroatoms. The summed E-state index contributed by atoms with van der Waals surface area (Å²) < 4.78 is 0. The molecular formula is C18H20N4O. The zero-order valence-electron chi connectivity index (χ0n) is 13.3. The Morgan fingerprint density at radius 3 is 2.61 bits per heavy atom. The number of hydrogen-bond donors (Lipinski definition) is 0. The Labute approximate surface area is 136 Å². The summed E-state index contributed by atoms with van der Waals surface area (Å²) in [5, 5.41) is 0. The molecule has 23 heavy (non-hydrogen) atoms. The minimum Gasteiger partial charge on any atom is -0.336 e. The molecule has 0 bridgehead atoms. The number of anilines is 1. The second-order valence-corrected chi connectivity index (χ2v) is 6.52. The molecule has 1 aromatic heterocycles. The van der Waals surface area contributed by atoms with Gasteiger partial charge in [-0.1, -0.05) is 17.7 Å². The fourth-order valence-electron chi connectivity index (χ4n) is 3.70. The molecule has 0 radical (unpaired) electrons. The second kappa shape index (κ2) is 5.33. The van der Waals surface area contributed by atoms with Crippen molar-refractivity contribution in [3.05, 3.63) is 53.9 Å². The smallest absolute Gasteiger partial charge is 0.253 e.